The Morgan fingerprint density at radius 1 is 1.10 bits per heavy atom. The van der Waals surface area contributed by atoms with Crippen molar-refractivity contribution < 1.29 is 15.0 Å². The summed E-state index contributed by atoms with van der Waals surface area (Å²) in [5.74, 6) is -1.46. The second kappa shape index (κ2) is 4.96. The number of aryl methyl sites for hydroxylation is 2. The van der Waals surface area contributed by atoms with E-state index in [-0.39, 0.29) is 11.3 Å². The van der Waals surface area contributed by atoms with Gasteiger partial charge in [0.05, 0.1) is 11.9 Å². The number of carboxylic acid groups (broad SMARTS) is 1. The minimum absolute atomic E-state index is 0.118. The normalized spacial score (nSPS) is 13.8. The van der Waals surface area contributed by atoms with E-state index in [9.17, 15) is 9.90 Å². The van der Waals surface area contributed by atoms with E-state index in [1.807, 2.05) is 6.07 Å². The van der Waals surface area contributed by atoms with Crippen LogP contribution in [0.3, 0.4) is 0 Å². The average Bonchev–Trinajstić information content (AvgIpc) is 2.47. The molecule has 1 aromatic heterocycles. The van der Waals surface area contributed by atoms with E-state index in [1.165, 1.54) is 36.2 Å². The first-order valence-corrected chi connectivity index (χ1v) is 6.69. The van der Waals surface area contributed by atoms with E-state index >= 15 is 0 Å². The zero-order chi connectivity index (χ0) is 14.1. The summed E-state index contributed by atoms with van der Waals surface area (Å²) in [6.07, 6.45) is 5.79. The minimum Gasteiger partial charge on any atom is -0.505 e. The Balaban J connectivity index is 2.05. The van der Waals surface area contributed by atoms with Gasteiger partial charge in [-0.2, -0.15) is 0 Å². The highest BCUT2D eigenvalue weighted by molar-refractivity contribution is 5.91. The Hall–Kier alpha value is -2.36. The van der Waals surface area contributed by atoms with Gasteiger partial charge in [0.1, 0.15) is 11.3 Å². The standard InChI is InChI=1S/C16H15NO3/c18-15-9-17-14(8-13(15)16(19)20)12-6-5-10-3-1-2-4-11(10)7-12/h5-9,18H,1-4H2,(H,19,20). The van der Waals surface area contributed by atoms with Crippen molar-refractivity contribution in [2.45, 2.75) is 25.7 Å². The average molecular weight is 269 g/mol. The van der Waals surface area contributed by atoms with Gasteiger partial charge in [-0.05, 0) is 48.9 Å². The van der Waals surface area contributed by atoms with Crippen LogP contribution < -0.4 is 0 Å². The predicted octanol–water partition coefficient (Wildman–Crippen LogP) is 3.03. The molecule has 0 fully saturated rings. The molecule has 2 N–H and O–H groups in total. The Kier molecular flexibility index (Phi) is 3.14. The molecule has 0 amide bonds. The maximum absolute atomic E-state index is 11.1. The third-order valence-electron chi connectivity index (χ3n) is 3.76. The van der Waals surface area contributed by atoms with Crippen LogP contribution in [0.1, 0.15) is 34.3 Å². The molecule has 1 aromatic carbocycles. The molecular weight excluding hydrogens is 254 g/mol. The Morgan fingerprint density at radius 3 is 2.60 bits per heavy atom. The number of benzene rings is 1. The molecule has 1 heterocycles. The number of carbonyl (C=O) groups is 1. The third kappa shape index (κ3) is 2.25. The summed E-state index contributed by atoms with van der Waals surface area (Å²) in [6, 6.07) is 7.57. The lowest BCUT2D eigenvalue weighted by molar-refractivity contribution is 0.0693. The summed E-state index contributed by atoms with van der Waals surface area (Å²) in [5.41, 5.74) is 4.05. The molecule has 0 radical (unpaired) electrons. The van der Waals surface area contributed by atoms with Gasteiger partial charge in [0.15, 0.2) is 0 Å². The molecule has 0 spiro atoms. The fraction of sp³-hybridized carbons (Fsp3) is 0.250. The van der Waals surface area contributed by atoms with Crippen LogP contribution in [0.5, 0.6) is 5.75 Å². The van der Waals surface area contributed by atoms with Gasteiger partial charge in [-0.25, -0.2) is 4.79 Å². The summed E-state index contributed by atoms with van der Waals surface area (Å²) in [7, 11) is 0. The van der Waals surface area contributed by atoms with Crippen LogP contribution in [-0.4, -0.2) is 21.2 Å². The molecule has 1 aliphatic rings. The number of hydrogen-bond donors (Lipinski definition) is 2. The maximum Gasteiger partial charge on any atom is 0.339 e. The highest BCUT2D eigenvalue weighted by atomic mass is 16.4. The molecule has 0 saturated carbocycles. The summed E-state index contributed by atoms with van der Waals surface area (Å²) >= 11 is 0. The van der Waals surface area contributed by atoms with Crippen molar-refractivity contribution in [3.05, 3.63) is 47.2 Å². The van der Waals surface area contributed by atoms with E-state index in [0.29, 0.717) is 5.69 Å². The predicted molar refractivity (Wildman–Crippen MR) is 74.9 cm³/mol. The van der Waals surface area contributed by atoms with Crippen LogP contribution in [0.2, 0.25) is 0 Å². The highest BCUT2D eigenvalue weighted by Crippen LogP contribution is 2.28. The quantitative estimate of drug-likeness (QED) is 0.879. The van der Waals surface area contributed by atoms with E-state index in [4.69, 9.17) is 5.11 Å². The molecule has 4 nitrogen and oxygen atoms in total. The number of rotatable bonds is 2. The van der Waals surface area contributed by atoms with Gasteiger partial charge < -0.3 is 10.2 Å². The van der Waals surface area contributed by atoms with E-state index < -0.39 is 5.97 Å². The van der Waals surface area contributed by atoms with Gasteiger partial charge >= 0.3 is 5.97 Å². The number of aromatic carboxylic acids is 1. The monoisotopic (exact) mass is 269 g/mol. The summed E-state index contributed by atoms with van der Waals surface area (Å²) < 4.78 is 0. The van der Waals surface area contributed by atoms with Gasteiger partial charge in [-0.3, -0.25) is 4.98 Å². The van der Waals surface area contributed by atoms with Crippen molar-refractivity contribution in [2.24, 2.45) is 0 Å². The fourth-order valence-electron chi connectivity index (χ4n) is 2.67. The van der Waals surface area contributed by atoms with E-state index in [1.54, 1.807) is 0 Å². The van der Waals surface area contributed by atoms with Crippen molar-refractivity contribution in [2.75, 3.05) is 0 Å². The smallest absolute Gasteiger partial charge is 0.339 e. The molecule has 0 bridgehead atoms. The largest absolute Gasteiger partial charge is 0.505 e. The van der Waals surface area contributed by atoms with Crippen molar-refractivity contribution >= 4 is 5.97 Å². The maximum atomic E-state index is 11.1. The van der Waals surface area contributed by atoms with Crippen LogP contribution in [0.25, 0.3) is 11.3 Å². The van der Waals surface area contributed by atoms with Crippen LogP contribution in [0, 0.1) is 0 Å². The van der Waals surface area contributed by atoms with Gasteiger partial charge in [0.2, 0.25) is 0 Å². The molecule has 0 saturated heterocycles. The summed E-state index contributed by atoms with van der Waals surface area (Å²) in [6.45, 7) is 0. The first-order chi connectivity index (χ1) is 9.65. The molecule has 20 heavy (non-hydrogen) atoms. The summed E-state index contributed by atoms with van der Waals surface area (Å²) in [4.78, 5) is 15.2. The second-order valence-corrected chi connectivity index (χ2v) is 5.08. The van der Waals surface area contributed by atoms with Gasteiger partial charge in [-0.15, -0.1) is 0 Å². The first kappa shape index (κ1) is 12.7. The molecule has 4 heteroatoms. The van der Waals surface area contributed by atoms with Crippen LogP contribution in [0.15, 0.2) is 30.5 Å². The SMILES string of the molecule is O=C(O)c1cc(-c2ccc3c(c2)CCCC3)ncc1O. The zero-order valence-electron chi connectivity index (χ0n) is 11.0. The van der Waals surface area contributed by atoms with Gasteiger partial charge in [-0.1, -0.05) is 12.1 Å². The lowest BCUT2D eigenvalue weighted by Crippen LogP contribution is -2.03. The number of aromatic hydroxyl groups is 1. The van der Waals surface area contributed by atoms with Crippen LogP contribution >= 0.6 is 0 Å². The molecule has 3 rings (SSSR count). The number of carboxylic acids is 1. The summed E-state index contributed by atoms with van der Waals surface area (Å²) in [5, 5.41) is 18.5. The Bertz CT molecular complexity index is 679. The minimum atomic E-state index is -1.15. The first-order valence-electron chi connectivity index (χ1n) is 6.69. The number of fused-ring (bicyclic) bond motifs is 1. The number of pyridine rings is 1. The molecule has 102 valence electrons. The van der Waals surface area contributed by atoms with Gasteiger partial charge in [0.25, 0.3) is 0 Å². The van der Waals surface area contributed by atoms with Gasteiger partial charge in [0, 0.05) is 5.56 Å². The molecule has 1 aliphatic carbocycles. The van der Waals surface area contributed by atoms with E-state index in [2.05, 4.69) is 17.1 Å². The second-order valence-electron chi connectivity index (χ2n) is 5.08. The topological polar surface area (TPSA) is 70.4 Å². The third-order valence-corrected chi connectivity index (χ3v) is 3.76. The van der Waals surface area contributed by atoms with Crippen molar-refractivity contribution in [1.82, 2.24) is 4.98 Å². The molecular formula is C16H15NO3. The molecule has 0 atom stereocenters. The zero-order valence-corrected chi connectivity index (χ0v) is 11.0. The lowest BCUT2D eigenvalue weighted by Gasteiger charge is -2.16. The van der Waals surface area contributed by atoms with Crippen LogP contribution in [0.4, 0.5) is 0 Å². The molecule has 0 unspecified atom stereocenters. The number of aromatic nitrogens is 1. The number of hydrogen-bond acceptors (Lipinski definition) is 3. The lowest BCUT2D eigenvalue weighted by atomic mass is 9.90. The van der Waals surface area contributed by atoms with Crippen molar-refractivity contribution in [3.8, 4) is 17.0 Å². The Morgan fingerprint density at radius 2 is 1.85 bits per heavy atom. The number of nitrogens with zero attached hydrogens (tertiary/aromatic N) is 1. The van der Waals surface area contributed by atoms with Crippen molar-refractivity contribution in [3.63, 3.8) is 0 Å². The molecule has 2 aromatic rings. The molecule has 0 aliphatic heterocycles. The van der Waals surface area contributed by atoms with E-state index in [0.717, 1.165) is 18.4 Å². The highest BCUT2D eigenvalue weighted by Gasteiger charge is 2.14. The van der Waals surface area contributed by atoms with Crippen molar-refractivity contribution in [1.29, 1.82) is 0 Å². The van der Waals surface area contributed by atoms with Crippen LogP contribution in [-0.2, 0) is 12.8 Å². The Labute approximate surface area is 116 Å². The fourth-order valence-corrected chi connectivity index (χ4v) is 2.67.